The molecule has 174 valence electrons. The average Bonchev–Trinajstić information content (AvgIpc) is 2.95. The molecule has 0 unspecified atom stereocenters. The summed E-state index contributed by atoms with van der Waals surface area (Å²) in [7, 11) is 0. The van der Waals surface area contributed by atoms with Crippen molar-refractivity contribution >= 4 is 66.9 Å². The molecule has 0 bridgehead atoms. The van der Waals surface area contributed by atoms with Crippen LogP contribution in [0.5, 0.6) is 0 Å². The number of anilines is 3. The lowest BCUT2D eigenvalue weighted by molar-refractivity contribution is 1.17. The lowest BCUT2D eigenvalue weighted by Crippen LogP contribution is -2.16. The molecule has 0 spiro atoms. The van der Waals surface area contributed by atoms with Crippen LogP contribution in [0.4, 0.5) is 17.1 Å². The number of rotatable bonds is 1. The second-order valence-electron chi connectivity index (χ2n) is 9.29. The van der Waals surface area contributed by atoms with Crippen molar-refractivity contribution in [2.45, 2.75) is 9.79 Å². The van der Waals surface area contributed by atoms with Gasteiger partial charge in [0.1, 0.15) is 0 Å². The van der Waals surface area contributed by atoms with E-state index in [9.17, 15) is 9.59 Å². The van der Waals surface area contributed by atoms with Gasteiger partial charge in [-0.3, -0.25) is 9.59 Å². The van der Waals surface area contributed by atoms with Crippen LogP contribution in [0.25, 0.3) is 38.1 Å². The molecule has 0 saturated heterocycles. The fourth-order valence-electron chi connectivity index (χ4n) is 5.70. The molecule has 2 aromatic heterocycles. The van der Waals surface area contributed by atoms with E-state index in [1.807, 2.05) is 60.7 Å². The van der Waals surface area contributed by atoms with E-state index in [4.69, 9.17) is 0 Å². The van der Waals surface area contributed by atoms with Gasteiger partial charge in [-0.25, -0.2) is 0 Å². The first kappa shape index (κ1) is 20.6. The van der Waals surface area contributed by atoms with Crippen molar-refractivity contribution in [3.8, 4) is 0 Å². The highest BCUT2D eigenvalue weighted by molar-refractivity contribution is 7.99. The molecule has 0 amide bonds. The number of aromatic nitrogens is 1. The summed E-state index contributed by atoms with van der Waals surface area (Å²) in [5.41, 5.74) is 5.27. The van der Waals surface area contributed by atoms with Gasteiger partial charge in [0.15, 0.2) is 10.9 Å². The summed E-state index contributed by atoms with van der Waals surface area (Å²) in [6, 6.07) is 35.9. The molecular weight excluding hydrogens is 476 g/mol. The molecule has 4 nitrogen and oxygen atoms in total. The van der Waals surface area contributed by atoms with Crippen LogP contribution in [0.2, 0.25) is 0 Å². The van der Waals surface area contributed by atoms with E-state index in [1.165, 1.54) is 9.79 Å². The zero-order valence-corrected chi connectivity index (χ0v) is 20.3. The van der Waals surface area contributed by atoms with E-state index >= 15 is 0 Å². The van der Waals surface area contributed by atoms with Gasteiger partial charge in [0.2, 0.25) is 0 Å². The highest BCUT2D eigenvalue weighted by Crippen LogP contribution is 2.51. The molecule has 1 aliphatic heterocycles. The van der Waals surface area contributed by atoms with E-state index < -0.39 is 0 Å². The molecule has 1 aliphatic rings. The summed E-state index contributed by atoms with van der Waals surface area (Å²) in [5, 5.41) is 2.39. The summed E-state index contributed by atoms with van der Waals surface area (Å²) >= 11 is 1.76. The number of fused-ring (bicyclic) bond motifs is 6. The summed E-state index contributed by atoms with van der Waals surface area (Å²) in [5.74, 6) is 0. The minimum absolute atomic E-state index is 0.0457. The Hall–Kier alpha value is -4.61. The van der Waals surface area contributed by atoms with Crippen LogP contribution in [-0.4, -0.2) is 4.40 Å². The molecular formula is C32H18N2O2S. The number of hydrogen-bond donors (Lipinski definition) is 0. The maximum Gasteiger partial charge on any atom is 0.197 e. The molecule has 0 N–H and O–H groups in total. The van der Waals surface area contributed by atoms with Gasteiger partial charge in [0.25, 0.3) is 0 Å². The van der Waals surface area contributed by atoms with Gasteiger partial charge >= 0.3 is 0 Å². The van der Waals surface area contributed by atoms with E-state index in [0.29, 0.717) is 27.1 Å². The molecule has 0 aliphatic carbocycles. The summed E-state index contributed by atoms with van der Waals surface area (Å²) < 4.78 is 2.08. The van der Waals surface area contributed by atoms with Crippen LogP contribution in [0, 0.1) is 0 Å². The van der Waals surface area contributed by atoms with Gasteiger partial charge in [-0.15, -0.1) is 0 Å². The second kappa shape index (κ2) is 7.45. The Labute approximate surface area is 215 Å². The Morgan fingerprint density at radius 1 is 0.514 bits per heavy atom. The van der Waals surface area contributed by atoms with Gasteiger partial charge in [-0.2, -0.15) is 0 Å². The average molecular weight is 495 g/mol. The predicted molar refractivity (Wildman–Crippen MR) is 152 cm³/mol. The molecule has 0 radical (unpaired) electrons. The Bertz CT molecular complexity index is 2140. The minimum Gasteiger partial charge on any atom is -0.308 e. The SMILES string of the molecule is O=c1c2ccccc2n2c3ccc(N4c5ccccc5Sc5ccccc54)cc3c(=O)c3cccc1c32. The fraction of sp³-hybridized carbons (Fsp3) is 0. The largest absolute Gasteiger partial charge is 0.308 e. The van der Waals surface area contributed by atoms with Crippen LogP contribution in [-0.2, 0) is 0 Å². The van der Waals surface area contributed by atoms with Crippen LogP contribution in [0.1, 0.15) is 0 Å². The van der Waals surface area contributed by atoms with Crippen molar-refractivity contribution in [2.24, 2.45) is 0 Å². The topological polar surface area (TPSA) is 41.8 Å². The maximum absolute atomic E-state index is 13.9. The second-order valence-corrected chi connectivity index (χ2v) is 10.4. The third-order valence-electron chi connectivity index (χ3n) is 7.29. The highest BCUT2D eigenvalue weighted by Gasteiger charge is 2.25. The zero-order valence-electron chi connectivity index (χ0n) is 19.5. The third kappa shape index (κ3) is 2.74. The van der Waals surface area contributed by atoms with Gasteiger partial charge in [-0.1, -0.05) is 54.2 Å². The predicted octanol–water partition coefficient (Wildman–Crippen LogP) is 7.49. The van der Waals surface area contributed by atoms with E-state index in [1.54, 1.807) is 17.8 Å². The van der Waals surface area contributed by atoms with E-state index in [0.717, 1.165) is 28.1 Å². The lowest BCUT2D eigenvalue weighted by Gasteiger charge is -2.33. The Morgan fingerprint density at radius 3 is 1.81 bits per heavy atom. The first-order valence-electron chi connectivity index (χ1n) is 12.1. The molecule has 5 heteroatoms. The van der Waals surface area contributed by atoms with Crippen molar-refractivity contribution in [1.82, 2.24) is 4.40 Å². The quantitative estimate of drug-likeness (QED) is 0.175. The Kier molecular flexibility index (Phi) is 4.14. The van der Waals surface area contributed by atoms with E-state index in [2.05, 4.69) is 51.8 Å². The molecule has 7 aromatic rings. The number of nitrogens with zero attached hydrogens (tertiary/aromatic N) is 2. The molecule has 37 heavy (non-hydrogen) atoms. The van der Waals surface area contributed by atoms with Crippen molar-refractivity contribution < 1.29 is 0 Å². The monoisotopic (exact) mass is 494 g/mol. The van der Waals surface area contributed by atoms with Gasteiger partial charge in [0.05, 0.1) is 27.9 Å². The fourth-order valence-corrected chi connectivity index (χ4v) is 6.75. The minimum atomic E-state index is -0.0647. The number of para-hydroxylation sites is 4. The standard InChI is InChI=1S/C32H18N2O2S/c35-31-20-8-1-2-11-24(20)34-25-17-16-19(18-23(25)32(36)22-10-7-9-21(31)30(22)34)33-26-12-3-5-14-28(26)37-29-15-6-4-13-27(29)33/h1-18H. The molecule has 5 aromatic carbocycles. The van der Waals surface area contributed by atoms with Gasteiger partial charge in [0, 0.05) is 37.0 Å². The van der Waals surface area contributed by atoms with Crippen molar-refractivity contribution in [3.05, 3.63) is 130 Å². The van der Waals surface area contributed by atoms with Gasteiger partial charge < -0.3 is 9.30 Å². The van der Waals surface area contributed by atoms with Crippen molar-refractivity contribution in [1.29, 1.82) is 0 Å². The summed E-state index contributed by atoms with van der Waals surface area (Å²) in [4.78, 5) is 31.8. The molecule has 0 fully saturated rings. The number of hydrogen-bond acceptors (Lipinski definition) is 4. The van der Waals surface area contributed by atoms with Crippen LogP contribution in [0.3, 0.4) is 0 Å². The van der Waals surface area contributed by atoms with Gasteiger partial charge in [-0.05, 0) is 66.7 Å². The third-order valence-corrected chi connectivity index (χ3v) is 8.42. The molecule has 8 rings (SSSR count). The van der Waals surface area contributed by atoms with Crippen LogP contribution < -0.4 is 15.8 Å². The summed E-state index contributed by atoms with van der Waals surface area (Å²) in [6.07, 6.45) is 0. The van der Waals surface area contributed by atoms with Crippen molar-refractivity contribution in [3.63, 3.8) is 0 Å². The zero-order chi connectivity index (χ0) is 24.7. The molecule has 0 saturated carbocycles. The van der Waals surface area contributed by atoms with E-state index in [-0.39, 0.29) is 10.9 Å². The smallest absolute Gasteiger partial charge is 0.197 e. The number of benzene rings is 5. The number of pyridine rings is 2. The Morgan fingerprint density at radius 2 is 1.08 bits per heavy atom. The first-order chi connectivity index (χ1) is 18.2. The van der Waals surface area contributed by atoms with Crippen molar-refractivity contribution in [2.75, 3.05) is 4.90 Å². The van der Waals surface area contributed by atoms with Crippen LogP contribution >= 0.6 is 11.8 Å². The summed E-state index contributed by atoms with van der Waals surface area (Å²) in [6.45, 7) is 0. The lowest BCUT2D eigenvalue weighted by atomic mass is 10.0. The molecule has 3 heterocycles. The first-order valence-corrected chi connectivity index (χ1v) is 12.9. The Balaban J connectivity index is 1.51. The molecule has 0 atom stereocenters. The van der Waals surface area contributed by atoms with Crippen LogP contribution in [0.15, 0.2) is 129 Å². The normalized spacial score (nSPS) is 12.9. The highest BCUT2D eigenvalue weighted by atomic mass is 32.2. The maximum atomic E-state index is 13.9.